The van der Waals surface area contributed by atoms with Gasteiger partial charge in [-0.15, -0.1) is 0 Å². The van der Waals surface area contributed by atoms with Gasteiger partial charge >= 0.3 is 0 Å². The Balaban J connectivity index is 2.02. The lowest BCUT2D eigenvalue weighted by Crippen LogP contribution is -2.35. The van der Waals surface area contributed by atoms with Crippen LogP contribution in [0.2, 0.25) is 0 Å². The first-order valence-electron chi connectivity index (χ1n) is 4.81. The summed E-state index contributed by atoms with van der Waals surface area (Å²) in [6.45, 7) is 0.270. The number of hydrogen-bond donors (Lipinski definition) is 2. The Bertz CT molecular complexity index is 155. The van der Waals surface area contributed by atoms with Crippen molar-refractivity contribution >= 4 is 5.91 Å². The van der Waals surface area contributed by atoms with Gasteiger partial charge in [0.15, 0.2) is 0 Å². The first kappa shape index (κ1) is 10.5. The molecule has 0 aliphatic heterocycles. The molecule has 1 aliphatic carbocycles. The van der Waals surface area contributed by atoms with E-state index in [0.29, 0.717) is 6.04 Å². The van der Waals surface area contributed by atoms with Crippen LogP contribution in [0.1, 0.15) is 25.7 Å². The third-order valence-electron chi connectivity index (χ3n) is 2.19. The Morgan fingerprint density at radius 1 is 1.46 bits per heavy atom. The van der Waals surface area contributed by atoms with Crippen molar-refractivity contribution < 1.29 is 14.6 Å². The summed E-state index contributed by atoms with van der Waals surface area (Å²) in [4.78, 5) is 11.2. The second-order valence-electron chi connectivity index (χ2n) is 3.33. The predicted octanol–water partition coefficient (Wildman–Crippen LogP) is 0.0541. The third kappa shape index (κ3) is 4.24. The molecule has 0 saturated heterocycles. The lowest BCUT2D eigenvalue weighted by atomic mass is 10.2. The van der Waals surface area contributed by atoms with E-state index in [9.17, 15) is 4.79 Å². The van der Waals surface area contributed by atoms with E-state index in [0.717, 1.165) is 12.8 Å². The van der Waals surface area contributed by atoms with Crippen LogP contribution in [0, 0.1) is 0 Å². The van der Waals surface area contributed by atoms with Gasteiger partial charge in [-0.2, -0.15) is 0 Å². The molecule has 0 radical (unpaired) electrons. The standard InChI is InChI=1S/C9H17NO3/c11-5-6-13-7-9(12)10-8-3-1-2-4-8/h8,11H,1-7H2,(H,10,12). The summed E-state index contributed by atoms with van der Waals surface area (Å²) in [5.74, 6) is -0.0691. The summed E-state index contributed by atoms with van der Waals surface area (Å²) in [7, 11) is 0. The summed E-state index contributed by atoms with van der Waals surface area (Å²) in [5, 5.41) is 11.3. The highest BCUT2D eigenvalue weighted by molar-refractivity contribution is 5.77. The number of rotatable bonds is 5. The van der Waals surface area contributed by atoms with Crippen molar-refractivity contribution in [2.24, 2.45) is 0 Å². The number of nitrogens with one attached hydrogen (secondary N) is 1. The summed E-state index contributed by atoms with van der Waals surface area (Å²) in [5.41, 5.74) is 0. The van der Waals surface area contributed by atoms with E-state index in [1.165, 1.54) is 12.8 Å². The van der Waals surface area contributed by atoms with Crippen LogP contribution in [0.5, 0.6) is 0 Å². The van der Waals surface area contributed by atoms with Crippen molar-refractivity contribution in [2.75, 3.05) is 19.8 Å². The van der Waals surface area contributed by atoms with Crippen LogP contribution in [0.4, 0.5) is 0 Å². The number of amides is 1. The first-order chi connectivity index (χ1) is 6.33. The van der Waals surface area contributed by atoms with Gasteiger partial charge in [0, 0.05) is 6.04 Å². The molecule has 0 aromatic rings. The average Bonchev–Trinajstić information content (AvgIpc) is 2.57. The fourth-order valence-electron chi connectivity index (χ4n) is 1.57. The SMILES string of the molecule is O=C(COCCO)NC1CCCC1. The smallest absolute Gasteiger partial charge is 0.246 e. The van der Waals surface area contributed by atoms with Gasteiger partial charge in [0.1, 0.15) is 6.61 Å². The molecule has 0 aromatic carbocycles. The second-order valence-corrected chi connectivity index (χ2v) is 3.33. The molecule has 1 fully saturated rings. The number of carbonyl (C=O) groups excluding carboxylic acids is 1. The van der Waals surface area contributed by atoms with Gasteiger partial charge in [-0.05, 0) is 12.8 Å². The Morgan fingerprint density at radius 3 is 2.77 bits per heavy atom. The predicted molar refractivity (Wildman–Crippen MR) is 48.3 cm³/mol. The normalized spacial score (nSPS) is 17.6. The molecule has 1 amide bonds. The fourth-order valence-corrected chi connectivity index (χ4v) is 1.57. The monoisotopic (exact) mass is 187 g/mol. The molecule has 0 unspecified atom stereocenters. The van der Waals surface area contributed by atoms with Crippen molar-refractivity contribution in [3.8, 4) is 0 Å². The molecule has 1 aliphatic rings. The highest BCUT2D eigenvalue weighted by Gasteiger charge is 2.16. The second kappa shape index (κ2) is 5.94. The Morgan fingerprint density at radius 2 is 2.15 bits per heavy atom. The van der Waals surface area contributed by atoms with Crippen LogP contribution in [0.15, 0.2) is 0 Å². The Labute approximate surface area is 78.3 Å². The molecule has 0 bridgehead atoms. The number of aliphatic hydroxyl groups excluding tert-OH is 1. The van der Waals surface area contributed by atoms with Gasteiger partial charge in [0.05, 0.1) is 13.2 Å². The maximum absolute atomic E-state index is 11.2. The molecule has 4 heteroatoms. The highest BCUT2D eigenvalue weighted by Crippen LogP contribution is 2.17. The number of carbonyl (C=O) groups is 1. The van der Waals surface area contributed by atoms with Crippen molar-refractivity contribution in [3.05, 3.63) is 0 Å². The molecule has 0 aromatic heterocycles. The zero-order valence-electron chi connectivity index (χ0n) is 7.79. The van der Waals surface area contributed by atoms with E-state index < -0.39 is 0 Å². The van der Waals surface area contributed by atoms with E-state index in [2.05, 4.69) is 5.32 Å². The van der Waals surface area contributed by atoms with E-state index >= 15 is 0 Å². The molecule has 0 atom stereocenters. The lowest BCUT2D eigenvalue weighted by molar-refractivity contribution is -0.126. The summed E-state index contributed by atoms with van der Waals surface area (Å²) < 4.78 is 4.89. The molecular formula is C9H17NO3. The molecule has 0 heterocycles. The number of hydrogen-bond acceptors (Lipinski definition) is 3. The van der Waals surface area contributed by atoms with Crippen LogP contribution in [0.25, 0.3) is 0 Å². The molecule has 4 nitrogen and oxygen atoms in total. The Hall–Kier alpha value is -0.610. The molecule has 1 rings (SSSR count). The zero-order valence-corrected chi connectivity index (χ0v) is 7.79. The minimum atomic E-state index is -0.0691. The summed E-state index contributed by atoms with van der Waals surface area (Å²) >= 11 is 0. The molecule has 0 spiro atoms. The van der Waals surface area contributed by atoms with Crippen LogP contribution in [0.3, 0.4) is 0 Å². The number of aliphatic hydroxyl groups is 1. The van der Waals surface area contributed by atoms with Gasteiger partial charge in [0.25, 0.3) is 0 Å². The van der Waals surface area contributed by atoms with Crippen molar-refractivity contribution in [1.29, 1.82) is 0 Å². The first-order valence-corrected chi connectivity index (χ1v) is 4.81. The highest BCUT2D eigenvalue weighted by atomic mass is 16.5. The van der Waals surface area contributed by atoms with E-state index in [1.807, 2.05) is 0 Å². The molecule has 2 N–H and O–H groups in total. The zero-order chi connectivity index (χ0) is 9.52. The van der Waals surface area contributed by atoms with Crippen molar-refractivity contribution in [1.82, 2.24) is 5.32 Å². The van der Waals surface area contributed by atoms with Crippen LogP contribution >= 0.6 is 0 Å². The van der Waals surface area contributed by atoms with E-state index in [1.54, 1.807) is 0 Å². The largest absolute Gasteiger partial charge is 0.394 e. The summed E-state index contributed by atoms with van der Waals surface area (Å²) in [6.07, 6.45) is 4.60. The van der Waals surface area contributed by atoms with Crippen LogP contribution in [-0.4, -0.2) is 36.9 Å². The average molecular weight is 187 g/mol. The van der Waals surface area contributed by atoms with Gasteiger partial charge in [-0.3, -0.25) is 4.79 Å². The molecule has 1 saturated carbocycles. The maximum Gasteiger partial charge on any atom is 0.246 e. The molecule has 76 valence electrons. The van der Waals surface area contributed by atoms with E-state index in [-0.39, 0.29) is 25.7 Å². The van der Waals surface area contributed by atoms with Gasteiger partial charge in [-0.25, -0.2) is 0 Å². The van der Waals surface area contributed by atoms with Crippen LogP contribution in [-0.2, 0) is 9.53 Å². The van der Waals surface area contributed by atoms with Gasteiger partial charge < -0.3 is 15.2 Å². The minimum absolute atomic E-state index is 0.0310. The Kier molecular flexibility index (Phi) is 4.78. The molecule has 13 heavy (non-hydrogen) atoms. The van der Waals surface area contributed by atoms with Crippen LogP contribution < -0.4 is 5.32 Å². The minimum Gasteiger partial charge on any atom is -0.394 e. The third-order valence-corrected chi connectivity index (χ3v) is 2.19. The topological polar surface area (TPSA) is 58.6 Å². The number of ether oxygens (including phenoxy) is 1. The fraction of sp³-hybridized carbons (Fsp3) is 0.889. The van der Waals surface area contributed by atoms with Gasteiger partial charge in [0.2, 0.25) is 5.91 Å². The van der Waals surface area contributed by atoms with Crippen molar-refractivity contribution in [2.45, 2.75) is 31.7 Å². The maximum atomic E-state index is 11.2. The van der Waals surface area contributed by atoms with E-state index in [4.69, 9.17) is 9.84 Å². The lowest BCUT2D eigenvalue weighted by Gasteiger charge is -2.11. The van der Waals surface area contributed by atoms with Crippen molar-refractivity contribution in [3.63, 3.8) is 0 Å². The van der Waals surface area contributed by atoms with Gasteiger partial charge in [-0.1, -0.05) is 12.8 Å². The summed E-state index contributed by atoms with van der Waals surface area (Å²) in [6, 6.07) is 0.352. The quantitative estimate of drug-likeness (QED) is 0.598. The molecular weight excluding hydrogens is 170 g/mol.